The molecule has 7 heavy (non-hydrogen) atoms. The van der Waals surface area contributed by atoms with Gasteiger partial charge in [0.1, 0.15) is 0 Å². The highest BCUT2D eigenvalue weighted by Gasteiger charge is 1.82. The van der Waals surface area contributed by atoms with Crippen LogP contribution < -0.4 is 5.32 Å². The van der Waals surface area contributed by atoms with Crippen LogP contribution in [-0.2, 0) is 0 Å². The quantitative estimate of drug-likeness (QED) is 0.431. The zero-order valence-corrected chi connectivity index (χ0v) is 5.37. The predicted molar refractivity (Wildman–Crippen MR) is 33.3 cm³/mol. The van der Waals surface area contributed by atoms with Gasteiger partial charge in [0.2, 0.25) is 0 Å². The van der Waals surface area contributed by atoms with E-state index in [1.807, 2.05) is 26.1 Å². The molecule has 0 spiro atoms. The summed E-state index contributed by atoms with van der Waals surface area (Å²) in [4.78, 5) is 0. The average Bonchev–Trinajstić information content (AvgIpc) is 1.61. The third-order valence-corrected chi connectivity index (χ3v) is 0.619. The molecule has 0 aliphatic carbocycles. The van der Waals surface area contributed by atoms with Crippen molar-refractivity contribution in [1.82, 2.24) is 5.32 Å². The smallest absolute Gasteiger partial charge is 0.0979 e. The van der Waals surface area contributed by atoms with Crippen LogP contribution in [0.25, 0.3) is 0 Å². The fourth-order valence-corrected chi connectivity index (χ4v) is 0.302. The van der Waals surface area contributed by atoms with E-state index >= 15 is 0 Å². The van der Waals surface area contributed by atoms with E-state index in [-0.39, 0.29) is 5.50 Å². The van der Waals surface area contributed by atoms with Gasteiger partial charge < -0.3 is 5.32 Å². The van der Waals surface area contributed by atoms with Crippen LogP contribution in [0.3, 0.4) is 0 Å². The summed E-state index contributed by atoms with van der Waals surface area (Å²) in [6.07, 6.45) is 3.72. The Morgan fingerprint density at radius 3 is 2.43 bits per heavy atom. The SMILES string of the molecule is C/C=C\NC(C)Cl. The van der Waals surface area contributed by atoms with Crippen molar-refractivity contribution in [3.63, 3.8) is 0 Å². The lowest BCUT2D eigenvalue weighted by Gasteiger charge is -1.97. The molecule has 0 amide bonds. The molecular weight excluding hydrogens is 110 g/mol. The molecule has 0 heterocycles. The number of hydrogen-bond donors (Lipinski definition) is 1. The van der Waals surface area contributed by atoms with Gasteiger partial charge in [-0.25, -0.2) is 0 Å². The van der Waals surface area contributed by atoms with E-state index in [1.165, 1.54) is 0 Å². The minimum Gasteiger partial charge on any atom is -0.376 e. The monoisotopic (exact) mass is 119 g/mol. The van der Waals surface area contributed by atoms with Gasteiger partial charge in [0.25, 0.3) is 0 Å². The third-order valence-electron chi connectivity index (χ3n) is 0.493. The highest BCUT2D eigenvalue weighted by atomic mass is 35.5. The highest BCUT2D eigenvalue weighted by molar-refractivity contribution is 6.20. The molecular formula is C5H10ClN. The average molecular weight is 120 g/mol. The Labute approximate surface area is 49.4 Å². The van der Waals surface area contributed by atoms with Gasteiger partial charge in [0.05, 0.1) is 5.50 Å². The highest BCUT2D eigenvalue weighted by Crippen LogP contribution is 1.84. The van der Waals surface area contributed by atoms with Crippen LogP contribution in [0.4, 0.5) is 0 Å². The molecule has 0 aliphatic rings. The van der Waals surface area contributed by atoms with E-state index < -0.39 is 0 Å². The van der Waals surface area contributed by atoms with E-state index in [2.05, 4.69) is 5.32 Å². The summed E-state index contributed by atoms with van der Waals surface area (Å²) < 4.78 is 0. The van der Waals surface area contributed by atoms with E-state index in [4.69, 9.17) is 11.6 Å². The topological polar surface area (TPSA) is 12.0 Å². The van der Waals surface area contributed by atoms with Crippen LogP contribution in [0, 0.1) is 0 Å². The molecule has 0 aromatic carbocycles. The lowest BCUT2D eigenvalue weighted by molar-refractivity contribution is 0.843. The van der Waals surface area contributed by atoms with Gasteiger partial charge in [-0.1, -0.05) is 17.7 Å². The molecule has 1 nitrogen and oxygen atoms in total. The molecule has 0 saturated heterocycles. The first-order valence-corrected chi connectivity index (χ1v) is 2.72. The zero-order chi connectivity index (χ0) is 5.70. The molecule has 0 radical (unpaired) electrons. The lowest BCUT2D eigenvalue weighted by Crippen LogP contribution is -2.11. The molecule has 0 bridgehead atoms. The first kappa shape index (κ1) is 6.83. The summed E-state index contributed by atoms with van der Waals surface area (Å²) in [7, 11) is 0. The fraction of sp³-hybridized carbons (Fsp3) is 0.600. The standard InChI is InChI=1S/C5H10ClN/c1-3-4-7-5(2)6/h3-5,7H,1-2H3/b4-3-. The Morgan fingerprint density at radius 1 is 1.71 bits per heavy atom. The maximum absolute atomic E-state index is 5.49. The van der Waals surface area contributed by atoms with E-state index in [1.54, 1.807) is 0 Å². The Hall–Kier alpha value is -0.170. The lowest BCUT2D eigenvalue weighted by atomic mass is 10.6. The van der Waals surface area contributed by atoms with Crippen LogP contribution >= 0.6 is 11.6 Å². The van der Waals surface area contributed by atoms with Gasteiger partial charge in [0, 0.05) is 0 Å². The Bertz CT molecular complexity index is 59.1. The number of alkyl halides is 1. The fourth-order valence-electron chi connectivity index (χ4n) is 0.229. The van der Waals surface area contributed by atoms with Gasteiger partial charge in [-0.05, 0) is 20.0 Å². The van der Waals surface area contributed by atoms with Gasteiger partial charge in [-0.15, -0.1) is 0 Å². The first-order valence-electron chi connectivity index (χ1n) is 2.28. The number of allylic oxidation sites excluding steroid dienone is 1. The van der Waals surface area contributed by atoms with Gasteiger partial charge in [-0.3, -0.25) is 0 Å². The summed E-state index contributed by atoms with van der Waals surface area (Å²) in [6, 6.07) is 0. The molecule has 0 aliphatic heterocycles. The molecule has 2 heteroatoms. The Morgan fingerprint density at radius 2 is 2.29 bits per heavy atom. The van der Waals surface area contributed by atoms with E-state index in [0.29, 0.717) is 0 Å². The molecule has 0 rings (SSSR count). The van der Waals surface area contributed by atoms with Gasteiger partial charge in [-0.2, -0.15) is 0 Å². The van der Waals surface area contributed by atoms with Crippen LogP contribution in [0.5, 0.6) is 0 Å². The van der Waals surface area contributed by atoms with Crippen molar-refractivity contribution in [3.8, 4) is 0 Å². The minimum atomic E-state index is 0.0381. The molecule has 1 N–H and O–H groups in total. The second kappa shape index (κ2) is 4.00. The summed E-state index contributed by atoms with van der Waals surface area (Å²) in [5.74, 6) is 0. The second-order valence-electron chi connectivity index (χ2n) is 1.28. The Balaban J connectivity index is 2.97. The van der Waals surface area contributed by atoms with Crippen molar-refractivity contribution in [2.75, 3.05) is 0 Å². The summed E-state index contributed by atoms with van der Waals surface area (Å²) in [5, 5.41) is 2.88. The third kappa shape index (κ3) is 5.83. The van der Waals surface area contributed by atoms with Crippen LogP contribution in [0.2, 0.25) is 0 Å². The van der Waals surface area contributed by atoms with Crippen molar-refractivity contribution < 1.29 is 0 Å². The predicted octanol–water partition coefficient (Wildman–Crippen LogP) is 1.69. The maximum Gasteiger partial charge on any atom is 0.0979 e. The molecule has 0 aromatic rings. The Kier molecular flexibility index (Phi) is 3.90. The van der Waals surface area contributed by atoms with Crippen molar-refractivity contribution in [1.29, 1.82) is 0 Å². The molecule has 42 valence electrons. The van der Waals surface area contributed by atoms with Gasteiger partial charge in [0.15, 0.2) is 0 Å². The largest absolute Gasteiger partial charge is 0.376 e. The number of hydrogen-bond acceptors (Lipinski definition) is 1. The molecule has 0 saturated carbocycles. The minimum absolute atomic E-state index is 0.0381. The van der Waals surface area contributed by atoms with Crippen molar-refractivity contribution >= 4 is 11.6 Å². The number of rotatable bonds is 2. The number of halogens is 1. The molecule has 1 unspecified atom stereocenters. The van der Waals surface area contributed by atoms with E-state index in [9.17, 15) is 0 Å². The maximum atomic E-state index is 5.49. The van der Waals surface area contributed by atoms with Crippen molar-refractivity contribution in [3.05, 3.63) is 12.3 Å². The molecule has 0 fully saturated rings. The van der Waals surface area contributed by atoms with Crippen molar-refractivity contribution in [2.45, 2.75) is 19.3 Å². The van der Waals surface area contributed by atoms with Crippen LogP contribution in [0.15, 0.2) is 12.3 Å². The second-order valence-corrected chi connectivity index (χ2v) is 1.94. The summed E-state index contributed by atoms with van der Waals surface area (Å²) in [5.41, 5.74) is 0.0381. The van der Waals surface area contributed by atoms with Crippen molar-refractivity contribution in [2.24, 2.45) is 0 Å². The van der Waals surface area contributed by atoms with Gasteiger partial charge >= 0.3 is 0 Å². The van der Waals surface area contributed by atoms with E-state index in [0.717, 1.165) is 0 Å². The molecule has 1 atom stereocenters. The molecule has 0 aromatic heterocycles. The first-order chi connectivity index (χ1) is 3.27. The number of nitrogens with one attached hydrogen (secondary N) is 1. The zero-order valence-electron chi connectivity index (χ0n) is 4.61. The van der Waals surface area contributed by atoms with Crippen LogP contribution in [-0.4, -0.2) is 5.50 Å². The normalized spacial score (nSPS) is 14.7. The summed E-state index contributed by atoms with van der Waals surface area (Å²) in [6.45, 7) is 3.81. The summed E-state index contributed by atoms with van der Waals surface area (Å²) >= 11 is 5.49. The van der Waals surface area contributed by atoms with Crippen LogP contribution in [0.1, 0.15) is 13.8 Å².